The second kappa shape index (κ2) is 16.5. The average Bonchev–Trinajstić information content (AvgIpc) is 3.25. The predicted molar refractivity (Wildman–Crippen MR) is 138 cm³/mol. The molecule has 1 aliphatic carbocycles. The van der Waals surface area contributed by atoms with E-state index in [1.54, 1.807) is 0 Å². The molecule has 0 spiro atoms. The monoisotopic (exact) mass is 513 g/mol. The molecule has 0 aromatic heterocycles. The van der Waals surface area contributed by atoms with Crippen LogP contribution < -0.4 is 5.32 Å². The molecule has 0 bridgehead atoms. The van der Waals surface area contributed by atoms with Crippen molar-refractivity contribution in [3.05, 3.63) is 72.3 Å². The van der Waals surface area contributed by atoms with Crippen molar-refractivity contribution in [2.45, 2.75) is 5.92 Å². The lowest BCUT2D eigenvalue weighted by molar-refractivity contribution is -0.139. The molecule has 37 heavy (non-hydrogen) atoms. The number of nitrogens with one attached hydrogen (secondary N) is 1. The van der Waals surface area contributed by atoms with Crippen molar-refractivity contribution in [3.8, 4) is 11.1 Å². The molecule has 1 amide bonds. The van der Waals surface area contributed by atoms with Crippen LogP contribution in [-0.2, 0) is 33.2 Å². The van der Waals surface area contributed by atoms with Gasteiger partial charge < -0.3 is 33.7 Å². The summed E-state index contributed by atoms with van der Waals surface area (Å²) in [7, 11) is 0. The van der Waals surface area contributed by atoms with Gasteiger partial charge in [0.05, 0.1) is 52.9 Å². The summed E-state index contributed by atoms with van der Waals surface area (Å²) >= 11 is 0. The van der Waals surface area contributed by atoms with Gasteiger partial charge in [0.25, 0.3) is 0 Å². The van der Waals surface area contributed by atoms with Gasteiger partial charge in [0.2, 0.25) is 0 Å². The van der Waals surface area contributed by atoms with E-state index in [1.165, 1.54) is 22.3 Å². The number of rotatable bonds is 18. The first-order valence-electron chi connectivity index (χ1n) is 12.4. The van der Waals surface area contributed by atoms with Gasteiger partial charge >= 0.3 is 12.1 Å². The van der Waals surface area contributed by atoms with Crippen molar-refractivity contribution < 1.29 is 38.0 Å². The topological polar surface area (TPSA) is 102 Å². The minimum absolute atomic E-state index is 0.0389. The van der Waals surface area contributed by atoms with Crippen molar-refractivity contribution in [1.82, 2.24) is 5.32 Å². The SMILES string of the molecule is C=CC(=O)OCCOCCOCCOCCOCCNC(=O)OCC1c2ccccc2-c2ccccc21. The summed E-state index contributed by atoms with van der Waals surface area (Å²) < 4.78 is 31.8. The molecule has 0 atom stereocenters. The summed E-state index contributed by atoms with van der Waals surface area (Å²) in [6.45, 7) is 7.38. The fourth-order valence-electron chi connectivity index (χ4n) is 3.90. The fraction of sp³-hybridized carbons (Fsp3) is 0.429. The zero-order valence-corrected chi connectivity index (χ0v) is 21.0. The number of fused-ring (bicyclic) bond motifs is 3. The highest BCUT2D eigenvalue weighted by Gasteiger charge is 2.28. The molecule has 0 fully saturated rings. The van der Waals surface area contributed by atoms with E-state index in [1.807, 2.05) is 24.3 Å². The Balaban J connectivity index is 1.13. The van der Waals surface area contributed by atoms with Crippen LogP contribution in [0.5, 0.6) is 0 Å². The third kappa shape index (κ3) is 9.62. The number of hydrogen-bond donors (Lipinski definition) is 1. The molecule has 0 heterocycles. The Morgan fingerprint density at radius 3 is 1.73 bits per heavy atom. The third-order valence-electron chi connectivity index (χ3n) is 5.61. The second-order valence-electron chi connectivity index (χ2n) is 8.07. The zero-order chi connectivity index (χ0) is 26.1. The molecule has 2 aromatic carbocycles. The van der Waals surface area contributed by atoms with Gasteiger partial charge in [0, 0.05) is 18.5 Å². The first kappa shape index (κ1) is 28.3. The highest BCUT2D eigenvalue weighted by atomic mass is 16.6. The number of esters is 1. The number of ether oxygens (including phenoxy) is 6. The summed E-state index contributed by atoms with van der Waals surface area (Å²) in [5.74, 6) is -0.426. The zero-order valence-electron chi connectivity index (χ0n) is 21.0. The molecule has 0 aliphatic heterocycles. The van der Waals surface area contributed by atoms with Gasteiger partial charge in [-0.25, -0.2) is 9.59 Å². The molecular formula is C28H35NO8. The number of hydrogen-bond acceptors (Lipinski definition) is 8. The lowest BCUT2D eigenvalue weighted by Crippen LogP contribution is -2.29. The molecule has 0 radical (unpaired) electrons. The second-order valence-corrected chi connectivity index (χ2v) is 8.07. The molecule has 0 saturated carbocycles. The molecule has 0 unspecified atom stereocenters. The molecular weight excluding hydrogens is 478 g/mol. The summed E-state index contributed by atoms with van der Waals surface area (Å²) in [5.41, 5.74) is 4.76. The molecule has 2 aromatic rings. The highest BCUT2D eigenvalue weighted by molar-refractivity contribution is 5.81. The normalized spacial score (nSPS) is 12.0. The third-order valence-corrected chi connectivity index (χ3v) is 5.61. The van der Waals surface area contributed by atoms with Crippen molar-refractivity contribution in [3.63, 3.8) is 0 Å². The smallest absolute Gasteiger partial charge is 0.407 e. The molecule has 200 valence electrons. The van der Waals surface area contributed by atoms with Gasteiger partial charge in [-0.15, -0.1) is 0 Å². The van der Waals surface area contributed by atoms with Crippen LogP contribution in [0.4, 0.5) is 4.79 Å². The van der Waals surface area contributed by atoms with Crippen LogP contribution in [0.15, 0.2) is 61.2 Å². The van der Waals surface area contributed by atoms with E-state index >= 15 is 0 Å². The van der Waals surface area contributed by atoms with Crippen molar-refractivity contribution in [1.29, 1.82) is 0 Å². The summed E-state index contributed by atoms with van der Waals surface area (Å²) in [4.78, 5) is 23.0. The van der Waals surface area contributed by atoms with Crippen LogP contribution in [0.2, 0.25) is 0 Å². The van der Waals surface area contributed by atoms with Gasteiger partial charge in [-0.05, 0) is 22.3 Å². The molecule has 9 nitrogen and oxygen atoms in total. The Labute approximate surface area is 217 Å². The lowest BCUT2D eigenvalue weighted by Gasteiger charge is -2.14. The van der Waals surface area contributed by atoms with Crippen molar-refractivity contribution in [2.75, 3.05) is 72.6 Å². The van der Waals surface area contributed by atoms with Gasteiger partial charge in [0.1, 0.15) is 13.2 Å². The molecule has 0 saturated heterocycles. The number of amides is 1. The van der Waals surface area contributed by atoms with Crippen LogP contribution >= 0.6 is 0 Å². The Kier molecular flexibility index (Phi) is 12.6. The fourth-order valence-corrected chi connectivity index (χ4v) is 3.90. The van der Waals surface area contributed by atoms with Crippen LogP contribution in [0.1, 0.15) is 17.0 Å². The molecule has 3 rings (SSSR count). The van der Waals surface area contributed by atoms with Crippen LogP contribution in [0, 0.1) is 0 Å². The van der Waals surface area contributed by atoms with E-state index in [-0.39, 0.29) is 19.1 Å². The standard InChI is InChI=1S/C28H35NO8/c1-2-27(30)36-20-19-35-18-17-34-16-15-33-14-13-32-12-11-29-28(31)37-21-26-24-9-5-3-7-22(24)23-8-4-6-10-25(23)26/h2-10,26H,1,11-21H2,(H,29,31). The maximum Gasteiger partial charge on any atom is 0.407 e. The van der Waals surface area contributed by atoms with E-state index < -0.39 is 12.1 Å². The summed E-state index contributed by atoms with van der Waals surface area (Å²) in [6, 6.07) is 16.5. The average molecular weight is 514 g/mol. The van der Waals surface area contributed by atoms with E-state index in [0.29, 0.717) is 59.4 Å². The van der Waals surface area contributed by atoms with Gasteiger partial charge in [-0.2, -0.15) is 0 Å². The van der Waals surface area contributed by atoms with Gasteiger partial charge in [-0.1, -0.05) is 55.1 Å². The van der Waals surface area contributed by atoms with Crippen molar-refractivity contribution >= 4 is 12.1 Å². The Morgan fingerprint density at radius 1 is 0.703 bits per heavy atom. The maximum atomic E-state index is 12.1. The van der Waals surface area contributed by atoms with Crippen molar-refractivity contribution in [2.24, 2.45) is 0 Å². The first-order valence-corrected chi connectivity index (χ1v) is 12.4. The van der Waals surface area contributed by atoms with E-state index in [4.69, 9.17) is 28.4 Å². The quantitative estimate of drug-likeness (QED) is 0.184. The number of alkyl carbamates (subject to hydrolysis) is 1. The Hall–Kier alpha value is -3.24. The van der Waals surface area contributed by atoms with Gasteiger partial charge in [-0.3, -0.25) is 0 Å². The number of benzene rings is 2. The first-order chi connectivity index (χ1) is 18.2. The molecule has 1 aliphatic rings. The van der Waals surface area contributed by atoms with Crippen LogP contribution in [-0.4, -0.2) is 84.7 Å². The largest absolute Gasteiger partial charge is 0.460 e. The molecule has 9 heteroatoms. The lowest BCUT2D eigenvalue weighted by atomic mass is 9.98. The Bertz CT molecular complexity index is 950. The van der Waals surface area contributed by atoms with E-state index in [0.717, 1.165) is 6.08 Å². The number of carbonyl (C=O) groups excluding carboxylic acids is 2. The van der Waals surface area contributed by atoms with Gasteiger partial charge in [0.15, 0.2) is 0 Å². The van der Waals surface area contributed by atoms with E-state index in [9.17, 15) is 9.59 Å². The van der Waals surface area contributed by atoms with E-state index in [2.05, 4.69) is 36.2 Å². The summed E-state index contributed by atoms with van der Waals surface area (Å²) in [6.07, 6.45) is 0.652. The highest BCUT2D eigenvalue weighted by Crippen LogP contribution is 2.44. The number of carbonyl (C=O) groups is 2. The summed E-state index contributed by atoms with van der Waals surface area (Å²) in [5, 5.41) is 2.72. The predicted octanol–water partition coefficient (Wildman–Crippen LogP) is 3.32. The Morgan fingerprint density at radius 2 is 1.19 bits per heavy atom. The molecule has 1 N–H and O–H groups in total. The van der Waals surface area contributed by atoms with Crippen LogP contribution in [0.25, 0.3) is 11.1 Å². The minimum atomic E-state index is -0.465. The maximum absolute atomic E-state index is 12.1. The van der Waals surface area contributed by atoms with Crippen LogP contribution in [0.3, 0.4) is 0 Å². The minimum Gasteiger partial charge on any atom is -0.460 e.